The number of rotatable bonds is 11. The van der Waals surface area contributed by atoms with Crippen molar-refractivity contribution in [3.05, 3.63) is 28.2 Å². The van der Waals surface area contributed by atoms with Crippen LogP contribution in [0.2, 0.25) is 0 Å². The predicted molar refractivity (Wildman–Crippen MR) is 101 cm³/mol. The van der Waals surface area contributed by atoms with Crippen LogP contribution in [0.3, 0.4) is 0 Å². The first-order valence-corrected chi connectivity index (χ1v) is 10.4. The average Bonchev–Trinajstić information content (AvgIpc) is 2.59. The third kappa shape index (κ3) is 7.02. The maximum Gasteiger partial charge on any atom is 0.252 e. The summed E-state index contributed by atoms with van der Waals surface area (Å²) in [7, 11) is -2.19. The van der Waals surface area contributed by atoms with Crippen molar-refractivity contribution in [3.63, 3.8) is 0 Å². The fourth-order valence-electron chi connectivity index (χ4n) is 2.17. The van der Waals surface area contributed by atoms with Crippen LogP contribution >= 0.6 is 15.9 Å². The van der Waals surface area contributed by atoms with E-state index >= 15 is 0 Å². The molecule has 1 aromatic carbocycles. The monoisotopic (exact) mass is 435 g/mol. The third-order valence-electron chi connectivity index (χ3n) is 3.70. The molecule has 0 unspecified atom stereocenters. The topological polar surface area (TPSA) is 87.7 Å². The largest absolute Gasteiger partial charge is 0.383 e. The van der Waals surface area contributed by atoms with Gasteiger partial charge in [-0.05, 0) is 47.2 Å². The van der Waals surface area contributed by atoms with E-state index in [1.54, 1.807) is 6.07 Å². The van der Waals surface area contributed by atoms with Gasteiger partial charge >= 0.3 is 0 Å². The maximum absolute atomic E-state index is 12.4. The Balaban J connectivity index is 2.81. The molecule has 0 aromatic heterocycles. The van der Waals surface area contributed by atoms with Crippen molar-refractivity contribution in [2.75, 3.05) is 46.4 Å². The van der Waals surface area contributed by atoms with Gasteiger partial charge in [0.1, 0.15) is 0 Å². The van der Waals surface area contributed by atoms with Crippen LogP contribution in [0.15, 0.2) is 27.6 Å². The fourth-order valence-corrected chi connectivity index (χ4v) is 3.64. The number of likely N-dealkylation sites (N-methyl/N-ethyl adjacent to an activating group) is 1. The second kappa shape index (κ2) is 10.9. The zero-order valence-electron chi connectivity index (χ0n) is 14.8. The van der Waals surface area contributed by atoms with Crippen molar-refractivity contribution in [2.24, 2.45) is 0 Å². The normalized spacial score (nSPS) is 11.7. The molecule has 0 saturated heterocycles. The van der Waals surface area contributed by atoms with Gasteiger partial charge in [0.15, 0.2) is 0 Å². The summed E-state index contributed by atoms with van der Waals surface area (Å²) in [5.74, 6) is -0.312. The number of amides is 1. The Morgan fingerprint density at radius 1 is 1.24 bits per heavy atom. The number of carbonyl (C=O) groups excluding carboxylic acids is 1. The molecule has 2 N–H and O–H groups in total. The van der Waals surface area contributed by atoms with Crippen LogP contribution in [0.5, 0.6) is 0 Å². The van der Waals surface area contributed by atoms with Crippen molar-refractivity contribution in [2.45, 2.75) is 18.7 Å². The highest BCUT2D eigenvalue weighted by atomic mass is 79.9. The molecule has 7 nitrogen and oxygen atoms in total. The fraction of sp³-hybridized carbons (Fsp3) is 0.562. The summed E-state index contributed by atoms with van der Waals surface area (Å²) >= 11 is 3.30. The van der Waals surface area contributed by atoms with E-state index in [1.165, 1.54) is 19.2 Å². The molecule has 1 rings (SSSR count). The van der Waals surface area contributed by atoms with E-state index in [-0.39, 0.29) is 29.5 Å². The third-order valence-corrected chi connectivity index (χ3v) is 5.85. The first kappa shape index (κ1) is 22.0. The van der Waals surface area contributed by atoms with Gasteiger partial charge in [0, 0.05) is 31.2 Å². The molecule has 1 aromatic rings. The summed E-state index contributed by atoms with van der Waals surface area (Å²) in [4.78, 5) is 14.6. The molecule has 9 heteroatoms. The van der Waals surface area contributed by atoms with E-state index in [1.807, 2.05) is 0 Å². The molecule has 0 saturated carbocycles. The second-order valence-electron chi connectivity index (χ2n) is 5.32. The van der Waals surface area contributed by atoms with Gasteiger partial charge in [-0.1, -0.05) is 13.8 Å². The minimum atomic E-state index is -3.69. The highest BCUT2D eigenvalue weighted by Gasteiger charge is 2.18. The van der Waals surface area contributed by atoms with E-state index in [0.29, 0.717) is 11.0 Å². The number of ether oxygens (including phenoxy) is 1. The molecule has 142 valence electrons. The molecular weight excluding hydrogens is 410 g/mol. The Labute approximate surface area is 158 Å². The number of hydrogen-bond acceptors (Lipinski definition) is 5. The Kier molecular flexibility index (Phi) is 9.58. The van der Waals surface area contributed by atoms with E-state index in [2.05, 4.69) is 44.7 Å². The summed E-state index contributed by atoms with van der Waals surface area (Å²) in [6, 6.07) is 4.38. The van der Waals surface area contributed by atoms with Gasteiger partial charge in [-0.2, -0.15) is 0 Å². The van der Waals surface area contributed by atoms with Crippen LogP contribution in [-0.4, -0.2) is 65.7 Å². The summed E-state index contributed by atoms with van der Waals surface area (Å²) < 4.78 is 32.3. The number of carbonyl (C=O) groups is 1. The maximum atomic E-state index is 12.4. The minimum absolute atomic E-state index is 0.0423. The number of hydrogen-bond donors (Lipinski definition) is 2. The zero-order valence-corrected chi connectivity index (χ0v) is 17.2. The molecule has 1 amide bonds. The Bertz CT molecular complexity index is 663. The lowest BCUT2D eigenvalue weighted by molar-refractivity contribution is 0.0948. The van der Waals surface area contributed by atoms with E-state index in [0.717, 1.165) is 19.6 Å². The molecular formula is C16H26BrN3O4S. The van der Waals surface area contributed by atoms with Crippen LogP contribution in [0.1, 0.15) is 24.2 Å². The van der Waals surface area contributed by atoms with Crippen molar-refractivity contribution in [1.29, 1.82) is 0 Å². The van der Waals surface area contributed by atoms with Gasteiger partial charge in [-0.25, -0.2) is 13.1 Å². The van der Waals surface area contributed by atoms with Crippen molar-refractivity contribution in [3.8, 4) is 0 Å². The molecule has 0 aliphatic carbocycles. The van der Waals surface area contributed by atoms with Gasteiger partial charge < -0.3 is 15.0 Å². The van der Waals surface area contributed by atoms with E-state index < -0.39 is 10.0 Å². The summed E-state index contributed by atoms with van der Waals surface area (Å²) in [6.07, 6.45) is 0. The van der Waals surface area contributed by atoms with Gasteiger partial charge in [0.2, 0.25) is 10.0 Å². The predicted octanol–water partition coefficient (Wildman–Crippen LogP) is 1.45. The zero-order chi connectivity index (χ0) is 18.9. The van der Waals surface area contributed by atoms with Crippen molar-refractivity contribution < 1.29 is 17.9 Å². The summed E-state index contributed by atoms with van der Waals surface area (Å²) in [6.45, 7) is 7.63. The highest BCUT2D eigenvalue weighted by molar-refractivity contribution is 9.10. The number of nitrogens with one attached hydrogen (secondary N) is 2. The van der Waals surface area contributed by atoms with Gasteiger partial charge in [0.25, 0.3) is 5.91 Å². The van der Waals surface area contributed by atoms with E-state index in [9.17, 15) is 13.2 Å². The van der Waals surface area contributed by atoms with Crippen LogP contribution in [0.4, 0.5) is 0 Å². The average molecular weight is 436 g/mol. The quantitative estimate of drug-likeness (QED) is 0.513. The van der Waals surface area contributed by atoms with Gasteiger partial charge in [-0.15, -0.1) is 0 Å². The van der Waals surface area contributed by atoms with Crippen molar-refractivity contribution in [1.82, 2.24) is 14.9 Å². The Morgan fingerprint density at radius 2 is 1.92 bits per heavy atom. The lowest BCUT2D eigenvalue weighted by atomic mass is 10.2. The molecule has 0 bridgehead atoms. The van der Waals surface area contributed by atoms with Gasteiger partial charge in [0.05, 0.1) is 17.1 Å². The first-order chi connectivity index (χ1) is 11.9. The Hall–Kier alpha value is -1.00. The standard InChI is InChI=1S/C16H26BrN3O4S/c1-4-20(5-2)10-8-18-16(21)14-12-13(6-7-15(14)17)25(22,23)19-9-11-24-3/h6-7,12,19H,4-5,8-11H2,1-3H3,(H,18,21). The number of sulfonamides is 1. The summed E-state index contributed by atoms with van der Waals surface area (Å²) in [5, 5.41) is 2.82. The van der Waals surface area contributed by atoms with Gasteiger partial charge in [-0.3, -0.25) is 4.79 Å². The van der Waals surface area contributed by atoms with Crippen LogP contribution in [0, 0.1) is 0 Å². The number of benzene rings is 1. The molecule has 0 heterocycles. The van der Waals surface area contributed by atoms with Crippen LogP contribution in [-0.2, 0) is 14.8 Å². The highest BCUT2D eigenvalue weighted by Crippen LogP contribution is 2.21. The molecule has 25 heavy (non-hydrogen) atoms. The van der Waals surface area contributed by atoms with Crippen LogP contribution < -0.4 is 10.0 Å². The lowest BCUT2D eigenvalue weighted by Gasteiger charge is -2.18. The second-order valence-corrected chi connectivity index (χ2v) is 7.94. The molecule has 0 fully saturated rings. The smallest absolute Gasteiger partial charge is 0.252 e. The first-order valence-electron chi connectivity index (χ1n) is 8.14. The number of halogens is 1. The Morgan fingerprint density at radius 3 is 2.52 bits per heavy atom. The lowest BCUT2D eigenvalue weighted by Crippen LogP contribution is -2.35. The molecule has 0 spiro atoms. The SMILES string of the molecule is CCN(CC)CCNC(=O)c1cc(S(=O)(=O)NCCOC)ccc1Br. The molecule has 0 radical (unpaired) electrons. The van der Waals surface area contributed by atoms with E-state index in [4.69, 9.17) is 4.74 Å². The van der Waals surface area contributed by atoms with Crippen LogP contribution in [0.25, 0.3) is 0 Å². The molecule has 0 atom stereocenters. The van der Waals surface area contributed by atoms with Crippen molar-refractivity contribution >= 4 is 31.9 Å². The number of nitrogens with zero attached hydrogens (tertiary/aromatic N) is 1. The minimum Gasteiger partial charge on any atom is -0.383 e. The molecule has 0 aliphatic heterocycles. The summed E-state index contributed by atoms with van der Waals surface area (Å²) in [5.41, 5.74) is 0.286. The number of methoxy groups -OCH3 is 1. The molecule has 0 aliphatic rings.